The normalized spacial score (nSPS) is 12.8. The number of nitrogens with one attached hydrogen (secondary N) is 1. The van der Waals surface area contributed by atoms with Gasteiger partial charge in [-0.1, -0.05) is 27.7 Å². The molecule has 1 aromatic heterocycles. The molecule has 0 bridgehead atoms. The van der Waals surface area contributed by atoms with Crippen molar-refractivity contribution < 1.29 is 0 Å². The molecule has 3 heteroatoms. The molecule has 1 aromatic rings. The summed E-state index contributed by atoms with van der Waals surface area (Å²) in [7, 11) is 0. The zero-order chi connectivity index (χ0) is 12.8. The molecule has 0 saturated heterocycles. The summed E-state index contributed by atoms with van der Waals surface area (Å²) in [6.07, 6.45) is 3.99. The van der Waals surface area contributed by atoms with Gasteiger partial charge in [0.05, 0.1) is 5.69 Å². The molecule has 0 aliphatic carbocycles. The average Bonchev–Trinajstić information content (AvgIpc) is 2.30. The molecule has 1 heterocycles. The van der Waals surface area contributed by atoms with Crippen molar-refractivity contribution in [3.8, 4) is 0 Å². The van der Waals surface area contributed by atoms with Crippen LogP contribution < -0.4 is 10.9 Å². The Labute approximate surface area is 104 Å². The van der Waals surface area contributed by atoms with Gasteiger partial charge in [-0.15, -0.1) is 0 Å². The van der Waals surface area contributed by atoms with Gasteiger partial charge in [-0.3, -0.25) is 4.79 Å². The largest absolute Gasteiger partial charge is 0.381 e. The molecular formula is C14H24N2O. The SMILES string of the molecule is CCCn1cc(NC(CC)C(C)C)ccc1=O. The van der Waals surface area contributed by atoms with Crippen molar-refractivity contribution in [3.05, 3.63) is 28.7 Å². The first-order chi connectivity index (χ1) is 8.08. The number of nitrogens with zero attached hydrogens (tertiary/aromatic N) is 1. The third-order valence-electron chi connectivity index (χ3n) is 3.04. The third-order valence-corrected chi connectivity index (χ3v) is 3.04. The van der Waals surface area contributed by atoms with Crippen molar-refractivity contribution in [2.45, 2.75) is 53.1 Å². The van der Waals surface area contributed by atoms with Crippen LogP contribution in [0.1, 0.15) is 40.5 Å². The van der Waals surface area contributed by atoms with Crippen LogP contribution in [0, 0.1) is 5.92 Å². The average molecular weight is 236 g/mol. The van der Waals surface area contributed by atoms with Crippen LogP contribution in [-0.2, 0) is 6.54 Å². The molecule has 17 heavy (non-hydrogen) atoms. The van der Waals surface area contributed by atoms with Gasteiger partial charge in [0.1, 0.15) is 0 Å². The molecule has 1 unspecified atom stereocenters. The summed E-state index contributed by atoms with van der Waals surface area (Å²) in [5.74, 6) is 0.589. The Morgan fingerprint density at radius 2 is 2.00 bits per heavy atom. The first-order valence-electron chi connectivity index (χ1n) is 6.55. The van der Waals surface area contributed by atoms with Gasteiger partial charge in [-0.25, -0.2) is 0 Å². The van der Waals surface area contributed by atoms with Gasteiger partial charge in [-0.2, -0.15) is 0 Å². The van der Waals surface area contributed by atoms with Crippen LogP contribution in [0.3, 0.4) is 0 Å². The van der Waals surface area contributed by atoms with Crippen LogP contribution in [0.2, 0.25) is 0 Å². The first kappa shape index (κ1) is 13.8. The fourth-order valence-electron chi connectivity index (χ4n) is 1.99. The van der Waals surface area contributed by atoms with Crippen molar-refractivity contribution in [2.75, 3.05) is 5.32 Å². The molecule has 0 saturated carbocycles. The third kappa shape index (κ3) is 3.91. The Bertz CT molecular complexity index is 395. The first-order valence-corrected chi connectivity index (χ1v) is 6.55. The highest BCUT2D eigenvalue weighted by Gasteiger charge is 2.10. The molecule has 0 fully saturated rings. The Morgan fingerprint density at radius 3 is 2.53 bits per heavy atom. The van der Waals surface area contributed by atoms with Crippen molar-refractivity contribution in [3.63, 3.8) is 0 Å². The smallest absolute Gasteiger partial charge is 0.250 e. The van der Waals surface area contributed by atoms with E-state index in [9.17, 15) is 4.79 Å². The second-order valence-corrected chi connectivity index (χ2v) is 4.85. The molecule has 0 amide bonds. The number of pyridine rings is 1. The highest BCUT2D eigenvalue weighted by atomic mass is 16.1. The van der Waals surface area contributed by atoms with E-state index >= 15 is 0 Å². The number of aromatic nitrogens is 1. The summed E-state index contributed by atoms with van der Waals surface area (Å²) in [6, 6.07) is 3.98. The highest BCUT2D eigenvalue weighted by molar-refractivity contribution is 5.41. The molecule has 96 valence electrons. The lowest BCUT2D eigenvalue weighted by Crippen LogP contribution is -2.26. The van der Waals surface area contributed by atoms with Gasteiger partial charge in [0.25, 0.3) is 5.56 Å². The summed E-state index contributed by atoms with van der Waals surface area (Å²) < 4.78 is 1.77. The standard InChI is InChI=1S/C14H24N2O/c1-5-9-16-10-12(7-8-14(16)17)15-13(6-2)11(3)4/h7-8,10-11,13,15H,5-6,9H2,1-4H3. The van der Waals surface area contributed by atoms with E-state index in [0.717, 1.165) is 25.1 Å². The summed E-state index contributed by atoms with van der Waals surface area (Å²) in [6.45, 7) is 9.47. The Balaban J connectivity index is 2.84. The molecule has 0 radical (unpaired) electrons. The van der Waals surface area contributed by atoms with Crippen LogP contribution in [0.25, 0.3) is 0 Å². The van der Waals surface area contributed by atoms with Crippen LogP contribution >= 0.6 is 0 Å². The lowest BCUT2D eigenvalue weighted by Gasteiger charge is -2.22. The number of rotatable bonds is 6. The minimum atomic E-state index is 0.0787. The van der Waals surface area contributed by atoms with E-state index < -0.39 is 0 Å². The van der Waals surface area contributed by atoms with E-state index in [1.807, 2.05) is 12.3 Å². The molecule has 0 aliphatic rings. The van der Waals surface area contributed by atoms with E-state index in [-0.39, 0.29) is 5.56 Å². The summed E-state index contributed by atoms with van der Waals surface area (Å²) in [5.41, 5.74) is 1.12. The van der Waals surface area contributed by atoms with Gasteiger partial charge in [0.2, 0.25) is 0 Å². The fourth-order valence-corrected chi connectivity index (χ4v) is 1.99. The lowest BCUT2D eigenvalue weighted by molar-refractivity contribution is 0.510. The van der Waals surface area contributed by atoms with E-state index in [1.54, 1.807) is 10.6 Å². The molecule has 1 rings (SSSR count). The summed E-state index contributed by atoms with van der Waals surface area (Å²) in [4.78, 5) is 11.6. The van der Waals surface area contributed by atoms with Crippen LogP contribution in [0.5, 0.6) is 0 Å². The number of hydrogen-bond donors (Lipinski definition) is 1. The predicted octanol–water partition coefficient (Wildman–Crippen LogP) is 3.10. The van der Waals surface area contributed by atoms with Crippen molar-refractivity contribution >= 4 is 5.69 Å². The van der Waals surface area contributed by atoms with Gasteiger partial charge >= 0.3 is 0 Å². The number of hydrogen-bond acceptors (Lipinski definition) is 2. The summed E-state index contributed by atoms with van der Waals surface area (Å²) in [5, 5.41) is 3.49. The van der Waals surface area contributed by atoms with Crippen LogP contribution in [-0.4, -0.2) is 10.6 Å². The van der Waals surface area contributed by atoms with Crippen molar-refractivity contribution in [1.29, 1.82) is 0 Å². The lowest BCUT2D eigenvalue weighted by atomic mass is 10.0. The van der Waals surface area contributed by atoms with Gasteiger partial charge < -0.3 is 9.88 Å². The molecule has 0 spiro atoms. The maximum absolute atomic E-state index is 11.6. The predicted molar refractivity (Wildman–Crippen MR) is 73.5 cm³/mol. The molecule has 1 N–H and O–H groups in total. The fraction of sp³-hybridized carbons (Fsp3) is 0.643. The Morgan fingerprint density at radius 1 is 1.29 bits per heavy atom. The van der Waals surface area contributed by atoms with E-state index in [1.165, 1.54) is 0 Å². The second-order valence-electron chi connectivity index (χ2n) is 4.85. The minimum Gasteiger partial charge on any atom is -0.381 e. The topological polar surface area (TPSA) is 34.0 Å². The molecule has 0 aliphatic heterocycles. The number of anilines is 1. The van der Waals surface area contributed by atoms with Crippen molar-refractivity contribution in [2.24, 2.45) is 5.92 Å². The van der Waals surface area contributed by atoms with E-state index in [4.69, 9.17) is 0 Å². The maximum Gasteiger partial charge on any atom is 0.250 e. The van der Waals surface area contributed by atoms with E-state index in [2.05, 4.69) is 33.0 Å². The number of aryl methyl sites for hydroxylation is 1. The van der Waals surface area contributed by atoms with Gasteiger partial charge in [-0.05, 0) is 24.8 Å². The van der Waals surface area contributed by atoms with Gasteiger partial charge in [0.15, 0.2) is 0 Å². The molecule has 3 nitrogen and oxygen atoms in total. The summed E-state index contributed by atoms with van der Waals surface area (Å²) >= 11 is 0. The zero-order valence-electron chi connectivity index (χ0n) is 11.4. The van der Waals surface area contributed by atoms with Crippen molar-refractivity contribution in [1.82, 2.24) is 4.57 Å². The highest BCUT2D eigenvalue weighted by Crippen LogP contribution is 2.13. The van der Waals surface area contributed by atoms with Crippen LogP contribution in [0.4, 0.5) is 5.69 Å². The van der Waals surface area contributed by atoms with E-state index in [0.29, 0.717) is 12.0 Å². The minimum absolute atomic E-state index is 0.0787. The Hall–Kier alpha value is -1.25. The second kappa shape index (κ2) is 6.48. The van der Waals surface area contributed by atoms with Gasteiger partial charge in [0, 0.05) is 24.8 Å². The monoisotopic (exact) mass is 236 g/mol. The zero-order valence-corrected chi connectivity index (χ0v) is 11.4. The maximum atomic E-state index is 11.6. The molecule has 0 aromatic carbocycles. The molecule has 1 atom stereocenters. The molecular weight excluding hydrogens is 212 g/mol. The Kier molecular flexibility index (Phi) is 5.26. The quantitative estimate of drug-likeness (QED) is 0.823. The van der Waals surface area contributed by atoms with Crippen LogP contribution in [0.15, 0.2) is 23.1 Å².